The van der Waals surface area contributed by atoms with Gasteiger partial charge in [0.25, 0.3) is 0 Å². The predicted molar refractivity (Wildman–Crippen MR) is 60.9 cm³/mol. The van der Waals surface area contributed by atoms with Gasteiger partial charge < -0.3 is 10.2 Å². The van der Waals surface area contributed by atoms with E-state index in [0.717, 1.165) is 11.3 Å². The lowest BCUT2D eigenvalue weighted by Gasteiger charge is -2.09. The van der Waals surface area contributed by atoms with Gasteiger partial charge in [0.1, 0.15) is 17.3 Å². The summed E-state index contributed by atoms with van der Waals surface area (Å²) in [7, 11) is 0. The van der Waals surface area contributed by atoms with Crippen LogP contribution in [-0.2, 0) is 0 Å². The molecule has 2 aromatic rings. The minimum Gasteiger partial charge on any atom is -0.464 e. The fraction of sp³-hybridized carbons (Fsp3) is 0.167. The van der Waals surface area contributed by atoms with E-state index in [1.807, 2.05) is 13.0 Å². The number of hydrogen-bond donors (Lipinski definition) is 1. The fourth-order valence-electron chi connectivity index (χ4n) is 1.49. The number of rotatable bonds is 2. The minimum absolute atomic E-state index is 0.0660. The van der Waals surface area contributed by atoms with Gasteiger partial charge in [-0.15, -0.1) is 0 Å². The molecule has 2 N–H and O–H groups in total. The van der Waals surface area contributed by atoms with Crippen LogP contribution in [0.2, 0.25) is 5.02 Å². The highest BCUT2D eigenvalue weighted by molar-refractivity contribution is 6.30. The Morgan fingerprint density at radius 3 is 2.62 bits per heavy atom. The predicted octanol–water partition coefficient (Wildman–Crippen LogP) is 3.43. The Balaban J connectivity index is 2.33. The van der Waals surface area contributed by atoms with E-state index in [1.165, 1.54) is 12.1 Å². The average molecular weight is 240 g/mol. The van der Waals surface area contributed by atoms with Crippen molar-refractivity contribution in [2.75, 3.05) is 0 Å². The number of halogens is 2. The molecule has 0 bridgehead atoms. The summed E-state index contributed by atoms with van der Waals surface area (Å²) < 4.78 is 18.4. The molecule has 1 atom stereocenters. The minimum atomic E-state index is -0.451. The van der Waals surface area contributed by atoms with Gasteiger partial charge in [0.05, 0.1) is 11.1 Å². The largest absolute Gasteiger partial charge is 0.464 e. The second kappa shape index (κ2) is 4.28. The molecule has 4 heteroatoms. The first-order valence-corrected chi connectivity index (χ1v) is 5.22. The normalized spacial score (nSPS) is 12.8. The topological polar surface area (TPSA) is 39.2 Å². The number of nitrogens with two attached hydrogens (primary N) is 1. The second-order valence-corrected chi connectivity index (χ2v) is 4.01. The van der Waals surface area contributed by atoms with Gasteiger partial charge in [0.2, 0.25) is 0 Å². The molecule has 84 valence electrons. The molecule has 0 fully saturated rings. The molecule has 16 heavy (non-hydrogen) atoms. The Morgan fingerprint density at radius 2 is 2.06 bits per heavy atom. The molecule has 0 amide bonds. The van der Waals surface area contributed by atoms with Gasteiger partial charge in [0, 0.05) is 0 Å². The van der Waals surface area contributed by atoms with Crippen LogP contribution in [-0.4, -0.2) is 0 Å². The summed E-state index contributed by atoms with van der Waals surface area (Å²) in [5.41, 5.74) is 6.70. The smallest absolute Gasteiger partial charge is 0.141 e. The lowest BCUT2D eigenvalue weighted by atomic mass is 10.1. The van der Waals surface area contributed by atoms with E-state index >= 15 is 0 Å². The zero-order valence-corrected chi connectivity index (χ0v) is 9.46. The maximum Gasteiger partial charge on any atom is 0.141 e. The summed E-state index contributed by atoms with van der Waals surface area (Å²) in [4.78, 5) is 0. The van der Waals surface area contributed by atoms with Crippen molar-refractivity contribution < 1.29 is 8.81 Å². The summed E-state index contributed by atoms with van der Waals surface area (Å²) in [6, 6.07) is 7.63. The maximum atomic E-state index is 13.0. The zero-order chi connectivity index (χ0) is 11.7. The van der Waals surface area contributed by atoms with E-state index in [2.05, 4.69) is 0 Å². The molecule has 0 aliphatic rings. The lowest BCUT2D eigenvalue weighted by Crippen LogP contribution is -2.10. The Bertz CT molecular complexity index is 509. The van der Waals surface area contributed by atoms with Crippen LogP contribution in [0.1, 0.15) is 23.1 Å². The van der Waals surface area contributed by atoms with Gasteiger partial charge in [-0.3, -0.25) is 0 Å². The number of benzene rings is 1. The highest BCUT2D eigenvalue weighted by Crippen LogP contribution is 2.25. The van der Waals surface area contributed by atoms with Crippen LogP contribution < -0.4 is 5.73 Å². The fourth-order valence-corrected chi connectivity index (χ4v) is 1.68. The Hall–Kier alpha value is -1.32. The van der Waals surface area contributed by atoms with Crippen LogP contribution in [0.3, 0.4) is 0 Å². The van der Waals surface area contributed by atoms with Crippen LogP contribution in [0.5, 0.6) is 0 Å². The first-order valence-electron chi connectivity index (χ1n) is 4.85. The molecule has 1 unspecified atom stereocenters. The highest BCUT2D eigenvalue weighted by atomic mass is 35.5. The summed E-state index contributed by atoms with van der Waals surface area (Å²) >= 11 is 5.69. The molecule has 1 aromatic carbocycles. The van der Waals surface area contributed by atoms with Crippen LogP contribution in [0.4, 0.5) is 4.39 Å². The standard InChI is InChI=1S/C12H11ClFNO/c1-7-2-5-11(16-7)12(15)8-3-4-10(14)9(13)6-8/h2-6,12H,15H2,1H3. The van der Waals surface area contributed by atoms with Gasteiger partial charge in [-0.05, 0) is 36.8 Å². The third kappa shape index (κ3) is 2.10. The first kappa shape index (κ1) is 11.2. The molecule has 0 saturated heterocycles. The van der Waals surface area contributed by atoms with Crippen LogP contribution in [0.15, 0.2) is 34.7 Å². The monoisotopic (exact) mass is 239 g/mol. The molecule has 0 radical (unpaired) electrons. The molecule has 0 saturated carbocycles. The lowest BCUT2D eigenvalue weighted by molar-refractivity contribution is 0.466. The number of hydrogen-bond acceptors (Lipinski definition) is 2. The maximum absolute atomic E-state index is 13.0. The van der Waals surface area contributed by atoms with Crippen molar-refractivity contribution in [2.45, 2.75) is 13.0 Å². The van der Waals surface area contributed by atoms with Crippen molar-refractivity contribution in [1.82, 2.24) is 0 Å². The van der Waals surface area contributed by atoms with Gasteiger partial charge in [-0.1, -0.05) is 17.7 Å². The van der Waals surface area contributed by atoms with E-state index in [-0.39, 0.29) is 5.02 Å². The van der Waals surface area contributed by atoms with Crippen molar-refractivity contribution in [3.8, 4) is 0 Å². The SMILES string of the molecule is Cc1ccc(C(N)c2ccc(F)c(Cl)c2)o1. The van der Waals surface area contributed by atoms with Gasteiger partial charge in [-0.25, -0.2) is 4.39 Å². The zero-order valence-electron chi connectivity index (χ0n) is 8.71. The van der Waals surface area contributed by atoms with Crippen LogP contribution in [0.25, 0.3) is 0 Å². The molecule has 0 aliphatic heterocycles. The van der Waals surface area contributed by atoms with Crippen molar-refractivity contribution >= 4 is 11.6 Å². The van der Waals surface area contributed by atoms with Crippen molar-refractivity contribution in [1.29, 1.82) is 0 Å². The highest BCUT2D eigenvalue weighted by Gasteiger charge is 2.13. The quantitative estimate of drug-likeness (QED) is 0.872. The third-order valence-corrected chi connectivity index (χ3v) is 2.66. The molecule has 0 aliphatic carbocycles. The van der Waals surface area contributed by atoms with E-state index in [9.17, 15) is 4.39 Å². The van der Waals surface area contributed by atoms with E-state index < -0.39 is 11.9 Å². The van der Waals surface area contributed by atoms with Crippen molar-refractivity contribution in [3.63, 3.8) is 0 Å². The Morgan fingerprint density at radius 1 is 1.31 bits per heavy atom. The van der Waals surface area contributed by atoms with E-state index in [0.29, 0.717) is 5.76 Å². The molecule has 1 heterocycles. The summed E-state index contributed by atoms with van der Waals surface area (Å²) in [6.07, 6.45) is 0. The summed E-state index contributed by atoms with van der Waals surface area (Å²) in [5.74, 6) is 0.979. The first-order chi connectivity index (χ1) is 7.58. The molecular formula is C12H11ClFNO. The molecule has 1 aromatic heterocycles. The summed E-state index contributed by atoms with van der Waals surface area (Å²) in [6.45, 7) is 1.84. The third-order valence-electron chi connectivity index (χ3n) is 2.37. The number of furan rings is 1. The van der Waals surface area contributed by atoms with Crippen molar-refractivity contribution in [3.05, 3.63) is 58.3 Å². The van der Waals surface area contributed by atoms with E-state index in [4.69, 9.17) is 21.8 Å². The summed E-state index contributed by atoms with van der Waals surface area (Å²) in [5, 5.41) is 0.0660. The number of aryl methyl sites for hydroxylation is 1. The van der Waals surface area contributed by atoms with Crippen LogP contribution >= 0.6 is 11.6 Å². The van der Waals surface area contributed by atoms with Gasteiger partial charge in [-0.2, -0.15) is 0 Å². The van der Waals surface area contributed by atoms with Crippen molar-refractivity contribution in [2.24, 2.45) is 5.73 Å². The molecular weight excluding hydrogens is 229 g/mol. The van der Waals surface area contributed by atoms with Gasteiger partial charge >= 0.3 is 0 Å². The van der Waals surface area contributed by atoms with E-state index in [1.54, 1.807) is 12.1 Å². The molecule has 0 spiro atoms. The molecule has 2 rings (SSSR count). The Kier molecular flexibility index (Phi) is 2.99. The van der Waals surface area contributed by atoms with Crippen LogP contribution in [0, 0.1) is 12.7 Å². The Labute approximate surface area is 97.8 Å². The second-order valence-electron chi connectivity index (χ2n) is 3.60. The molecule has 2 nitrogen and oxygen atoms in total. The van der Waals surface area contributed by atoms with Gasteiger partial charge in [0.15, 0.2) is 0 Å². The average Bonchev–Trinajstić information content (AvgIpc) is 2.68.